The van der Waals surface area contributed by atoms with E-state index in [9.17, 15) is 4.39 Å². The van der Waals surface area contributed by atoms with Gasteiger partial charge in [-0.3, -0.25) is 0 Å². The molecule has 1 aliphatic heterocycles. The fourth-order valence-electron chi connectivity index (χ4n) is 2.87. The summed E-state index contributed by atoms with van der Waals surface area (Å²) in [7, 11) is 0. The van der Waals surface area contributed by atoms with Gasteiger partial charge in [-0.1, -0.05) is 0 Å². The molecule has 25 heavy (non-hydrogen) atoms. The largest absolute Gasteiger partial charge is 0.457 e. The number of aryl methyl sites for hydroxylation is 2. The average molecular weight is 405 g/mol. The van der Waals surface area contributed by atoms with Crippen LogP contribution < -0.4 is 4.74 Å². The third kappa shape index (κ3) is 4.60. The highest BCUT2D eigenvalue weighted by molar-refractivity contribution is 9.10. The summed E-state index contributed by atoms with van der Waals surface area (Å²) in [6.45, 7) is 6.15. The van der Waals surface area contributed by atoms with Crippen LogP contribution in [0.25, 0.3) is 0 Å². The predicted octanol–water partition coefficient (Wildman–Crippen LogP) is 6.14. The molecule has 0 saturated carbocycles. The second kappa shape index (κ2) is 8.00. The number of aliphatic imine (C=N–C) groups is 1. The summed E-state index contributed by atoms with van der Waals surface area (Å²) in [4.78, 5) is 6.91. The average Bonchev–Trinajstić information content (AvgIpc) is 2.61. The van der Waals surface area contributed by atoms with Gasteiger partial charge in [0.1, 0.15) is 17.3 Å². The summed E-state index contributed by atoms with van der Waals surface area (Å²) >= 11 is 3.15. The van der Waals surface area contributed by atoms with Crippen LogP contribution in [-0.4, -0.2) is 24.3 Å². The summed E-state index contributed by atoms with van der Waals surface area (Å²) < 4.78 is 19.9. The molecule has 0 spiro atoms. The van der Waals surface area contributed by atoms with Gasteiger partial charge in [-0.05, 0) is 84.4 Å². The second-order valence-electron chi connectivity index (χ2n) is 6.42. The van der Waals surface area contributed by atoms with Gasteiger partial charge in [0.05, 0.1) is 16.5 Å². The Labute approximate surface area is 156 Å². The molecule has 3 rings (SSSR count). The zero-order chi connectivity index (χ0) is 17.8. The SMILES string of the molecule is Cc1cc(Oc2ccc(Br)c(F)c2)c(C)cc1/N=C/N1CCCCC1. The van der Waals surface area contributed by atoms with Crippen molar-refractivity contribution in [3.63, 3.8) is 0 Å². The molecule has 0 unspecified atom stereocenters. The predicted molar refractivity (Wildman–Crippen MR) is 104 cm³/mol. The van der Waals surface area contributed by atoms with E-state index in [1.807, 2.05) is 32.3 Å². The van der Waals surface area contributed by atoms with E-state index >= 15 is 0 Å². The van der Waals surface area contributed by atoms with Crippen molar-refractivity contribution >= 4 is 28.0 Å². The molecule has 0 bridgehead atoms. The first-order chi connectivity index (χ1) is 12.0. The highest BCUT2D eigenvalue weighted by Crippen LogP contribution is 2.32. The van der Waals surface area contributed by atoms with Crippen LogP contribution in [0.3, 0.4) is 0 Å². The number of benzene rings is 2. The smallest absolute Gasteiger partial charge is 0.141 e. The van der Waals surface area contributed by atoms with Crippen molar-refractivity contribution in [2.24, 2.45) is 4.99 Å². The van der Waals surface area contributed by atoms with E-state index < -0.39 is 0 Å². The Hall–Kier alpha value is -1.88. The van der Waals surface area contributed by atoms with Crippen LogP contribution in [0.2, 0.25) is 0 Å². The molecule has 1 saturated heterocycles. The van der Waals surface area contributed by atoms with Crippen LogP contribution in [0.1, 0.15) is 30.4 Å². The van der Waals surface area contributed by atoms with Crippen molar-refractivity contribution < 1.29 is 9.13 Å². The Kier molecular flexibility index (Phi) is 5.74. The van der Waals surface area contributed by atoms with Crippen molar-refractivity contribution in [2.45, 2.75) is 33.1 Å². The Bertz CT molecular complexity index is 786. The number of ether oxygens (including phenoxy) is 1. The molecule has 1 fully saturated rings. The number of hydrogen-bond acceptors (Lipinski definition) is 2. The Morgan fingerprint density at radius 2 is 1.84 bits per heavy atom. The van der Waals surface area contributed by atoms with Crippen LogP contribution in [0.15, 0.2) is 39.8 Å². The van der Waals surface area contributed by atoms with E-state index in [1.54, 1.807) is 12.1 Å². The van der Waals surface area contributed by atoms with Gasteiger partial charge in [-0.25, -0.2) is 9.38 Å². The topological polar surface area (TPSA) is 24.8 Å². The molecule has 0 amide bonds. The minimum atomic E-state index is -0.338. The van der Waals surface area contributed by atoms with E-state index in [-0.39, 0.29) is 5.82 Å². The molecule has 0 N–H and O–H groups in total. The van der Waals surface area contributed by atoms with E-state index in [2.05, 4.69) is 25.8 Å². The zero-order valence-corrected chi connectivity index (χ0v) is 16.1. The van der Waals surface area contributed by atoms with Gasteiger partial charge in [-0.2, -0.15) is 0 Å². The minimum absolute atomic E-state index is 0.338. The monoisotopic (exact) mass is 404 g/mol. The third-order valence-corrected chi connectivity index (χ3v) is 5.01. The van der Waals surface area contributed by atoms with Crippen LogP contribution in [0.4, 0.5) is 10.1 Å². The van der Waals surface area contributed by atoms with Crippen LogP contribution >= 0.6 is 15.9 Å². The van der Waals surface area contributed by atoms with Crippen LogP contribution in [-0.2, 0) is 0 Å². The lowest BCUT2D eigenvalue weighted by Crippen LogP contribution is -2.28. The first-order valence-corrected chi connectivity index (χ1v) is 9.34. The van der Waals surface area contributed by atoms with Gasteiger partial charge in [-0.15, -0.1) is 0 Å². The molecule has 2 aromatic rings. The van der Waals surface area contributed by atoms with Crippen molar-refractivity contribution in [2.75, 3.05) is 13.1 Å². The van der Waals surface area contributed by atoms with Crippen molar-refractivity contribution in [3.8, 4) is 11.5 Å². The molecular formula is C20H22BrFN2O. The number of hydrogen-bond donors (Lipinski definition) is 0. The second-order valence-corrected chi connectivity index (χ2v) is 7.28. The van der Waals surface area contributed by atoms with Gasteiger partial charge in [0.2, 0.25) is 0 Å². The quantitative estimate of drug-likeness (QED) is 0.451. The molecule has 0 atom stereocenters. The summed E-state index contributed by atoms with van der Waals surface area (Å²) in [5, 5.41) is 0. The fourth-order valence-corrected chi connectivity index (χ4v) is 3.12. The highest BCUT2D eigenvalue weighted by atomic mass is 79.9. The molecule has 132 valence electrons. The number of piperidine rings is 1. The highest BCUT2D eigenvalue weighted by Gasteiger charge is 2.09. The number of nitrogens with zero attached hydrogens (tertiary/aromatic N) is 2. The third-order valence-electron chi connectivity index (χ3n) is 4.36. The minimum Gasteiger partial charge on any atom is -0.457 e. The number of rotatable bonds is 4. The van der Waals surface area contributed by atoms with Crippen molar-refractivity contribution in [3.05, 3.63) is 51.7 Å². The van der Waals surface area contributed by atoms with E-state index in [0.717, 1.165) is 35.7 Å². The molecule has 0 radical (unpaired) electrons. The first kappa shape index (κ1) is 17.9. The van der Waals surface area contributed by atoms with Gasteiger partial charge < -0.3 is 9.64 Å². The maximum Gasteiger partial charge on any atom is 0.141 e. The molecular weight excluding hydrogens is 383 g/mol. The summed E-state index contributed by atoms with van der Waals surface area (Å²) in [5.74, 6) is 0.860. The maximum atomic E-state index is 13.7. The molecule has 1 heterocycles. The zero-order valence-electron chi connectivity index (χ0n) is 14.6. The Balaban J connectivity index is 1.77. The summed E-state index contributed by atoms with van der Waals surface area (Å²) in [6, 6.07) is 8.73. The number of likely N-dealkylation sites (tertiary alicyclic amines) is 1. The standard InChI is InChI=1S/C20H22BrFN2O/c1-14-11-20(25-16-6-7-17(21)18(22)12-16)15(2)10-19(14)23-13-24-8-4-3-5-9-24/h6-7,10-13H,3-5,8-9H2,1-2H3/b23-13+. The molecule has 3 nitrogen and oxygen atoms in total. The normalized spacial score (nSPS) is 15.0. The summed E-state index contributed by atoms with van der Waals surface area (Å²) in [6.07, 6.45) is 5.73. The summed E-state index contributed by atoms with van der Waals surface area (Å²) in [5.41, 5.74) is 2.95. The van der Waals surface area contributed by atoms with Gasteiger partial charge in [0, 0.05) is 19.2 Å². The van der Waals surface area contributed by atoms with Crippen molar-refractivity contribution in [1.29, 1.82) is 0 Å². The van der Waals surface area contributed by atoms with Crippen molar-refractivity contribution in [1.82, 2.24) is 4.90 Å². The van der Waals surface area contributed by atoms with Gasteiger partial charge >= 0.3 is 0 Å². The van der Waals surface area contributed by atoms with Gasteiger partial charge in [0.15, 0.2) is 0 Å². The molecule has 0 aliphatic carbocycles. The van der Waals surface area contributed by atoms with Crippen LogP contribution in [0.5, 0.6) is 11.5 Å². The maximum absolute atomic E-state index is 13.7. The fraction of sp³-hybridized carbons (Fsp3) is 0.350. The van der Waals surface area contributed by atoms with Crippen LogP contribution in [0, 0.1) is 19.7 Å². The van der Waals surface area contributed by atoms with E-state index in [0.29, 0.717) is 10.2 Å². The lowest BCUT2D eigenvalue weighted by Gasteiger charge is -2.24. The molecule has 2 aromatic carbocycles. The molecule has 0 aromatic heterocycles. The first-order valence-electron chi connectivity index (χ1n) is 8.55. The molecule has 1 aliphatic rings. The van der Waals surface area contributed by atoms with E-state index in [4.69, 9.17) is 4.74 Å². The lowest BCUT2D eigenvalue weighted by atomic mass is 10.1. The number of halogens is 2. The molecule has 5 heteroatoms. The van der Waals surface area contributed by atoms with E-state index in [1.165, 1.54) is 25.3 Å². The lowest BCUT2D eigenvalue weighted by molar-refractivity contribution is 0.351. The van der Waals surface area contributed by atoms with Gasteiger partial charge in [0.25, 0.3) is 0 Å². The Morgan fingerprint density at radius 1 is 1.08 bits per heavy atom. The Morgan fingerprint density at radius 3 is 2.56 bits per heavy atom.